The second-order valence-electron chi connectivity index (χ2n) is 3.44. The van der Waals surface area contributed by atoms with Crippen LogP contribution >= 0.6 is 0 Å². The Morgan fingerprint density at radius 2 is 2.12 bits per heavy atom. The third-order valence-corrected chi connectivity index (χ3v) is 5.62. The predicted octanol–water partition coefficient (Wildman–Crippen LogP) is -1.81. The summed E-state index contributed by atoms with van der Waals surface area (Å²) in [7, 11) is 0. The van der Waals surface area contributed by atoms with Gasteiger partial charge in [0.2, 0.25) is 0 Å². The van der Waals surface area contributed by atoms with Gasteiger partial charge in [0, 0.05) is 6.42 Å². The molecule has 1 aliphatic carbocycles. The first-order valence-electron chi connectivity index (χ1n) is 5.04. The quantitative estimate of drug-likeness (QED) is 0.486. The molecule has 0 saturated heterocycles. The molecular weight excluding hydrogens is 315 g/mol. The summed E-state index contributed by atoms with van der Waals surface area (Å²) in [6.07, 6.45) is 9.39. The normalized spacial score (nSPS) is 18.6. The first-order valence-corrected chi connectivity index (χ1v) is 7.37. The highest BCUT2D eigenvalue weighted by Gasteiger charge is 2.25. The largest absolute Gasteiger partial charge is 0.545 e. The van der Waals surface area contributed by atoms with E-state index in [4.69, 9.17) is 0 Å². The average Bonchev–Trinajstić information content (AvgIpc) is 2.31. The van der Waals surface area contributed by atoms with Crippen molar-refractivity contribution in [3.63, 3.8) is 0 Å². The number of halogens is 1. The molecule has 0 saturated carbocycles. The van der Waals surface area contributed by atoms with Crippen LogP contribution in [-0.2, 0) is 0 Å². The van der Waals surface area contributed by atoms with E-state index >= 15 is 0 Å². The van der Waals surface area contributed by atoms with Crippen molar-refractivity contribution in [3.8, 4) is 0 Å². The topological polar surface area (TPSA) is 40.1 Å². The minimum absolute atomic E-state index is 0.309. The maximum Gasteiger partial charge on any atom is 0.322 e. The second kappa shape index (κ2) is 5.30. The van der Waals surface area contributed by atoms with Crippen LogP contribution in [0, 0.1) is 3.57 Å². The lowest BCUT2D eigenvalue weighted by Crippen LogP contribution is -3.65. The van der Waals surface area contributed by atoms with E-state index in [-0.39, 0.29) is 21.2 Å². The van der Waals surface area contributed by atoms with Crippen molar-refractivity contribution >= 4 is 5.97 Å². The van der Waals surface area contributed by atoms with Crippen molar-refractivity contribution in [1.82, 2.24) is 0 Å². The van der Waals surface area contributed by atoms with Crippen LogP contribution in [-0.4, -0.2) is 9.89 Å². The van der Waals surface area contributed by atoms with Gasteiger partial charge in [0.25, 0.3) is 0 Å². The lowest BCUT2D eigenvalue weighted by Gasteiger charge is -2.04. The van der Waals surface area contributed by atoms with Crippen molar-refractivity contribution in [2.75, 3.05) is 0 Å². The van der Waals surface area contributed by atoms with E-state index in [1.807, 2.05) is 24.3 Å². The molecule has 0 aliphatic heterocycles. The number of allylic oxidation sites excluding steroid dienone is 4. The summed E-state index contributed by atoms with van der Waals surface area (Å²) in [4.78, 5) is 10.9. The molecular formula is C13H11IO2. The van der Waals surface area contributed by atoms with Gasteiger partial charge in [0.15, 0.2) is 7.49 Å². The highest BCUT2D eigenvalue weighted by Crippen LogP contribution is 1.99. The van der Waals surface area contributed by atoms with Gasteiger partial charge in [-0.2, -0.15) is 0 Å². The van der Waals surface area contributed by atoms with E-state index in [0.29, 0.717) is 9.49 Å². The van der Waals surface area contributed by atoms with Crippen LogP contribution in [0.4, 0.5) is 0 Å². The van der Waals surface area contributed by atoms with Gasteiger partial charge < -0.3 is 9.90 Å². The molecule has 1 unspecified atom stereocenters. The molecule has 1 aromatic carbocycles. The lowest BCUT2D eigenvalue weighted by molar-refractivity contribution is -0.652. The fourth-order valence-corrected chi connectivity index (χ4v) is 4.51. The molecule has 16 heavy (non-hydrogen) atoms. The zero-order chi connectivity index (χ0) is 11.4. The number of rotatable bonds is 3. The van der Waals surface area contributed by atoms with E-state index in [9.17, 15) is 9.90 Å². The van der Waals surface area contributed by atoms with Gasteiger partial charge in [-0.1, -0.05) is 30.4 Å². The van der Waals surface area contributed by atoms with Crippen LogP contribution in [0.1, 0.15) is 16.8 Å². The Labute approximate surface area is 105 Å². The summed E-state index contributed by atoms with van der Waals surface area (Å²) in [5.74, 6) is -1.06. The maximum absolute atomic E-state index is 10.9. The van der Waals surface area contributed by atoms with Gasteiger partial charge in [-0.15, -0.1) is 0 Å². The third kappa shape index (κ3) is 2.72. The van der Waals surface area contributed by atoms with Crippen LogP contribution < -0.4 is 26.3 Å². The molecule has 0 heterocycles. The number of carbonyl (C=O) groups excluding carboxylic acids is 1. The maximum atomic E-state index is 10.9. The Kier molecular flexibility index (Phi) is 3.77. The molecule has 3 heteroatoms. The zero-order valence-electron chi connectivity index (χ0n) is 8.60. The Bertz CT molecular complexity index is 449. The van der Waals surface area contributed by atoms with Gasteiger partial charge >= 0.3 is 21.2 Å². The summed E-state index contributed by atoms with van der Waals surface area (Å²) in [6.45, 7) is 0. The lowest BCUT2D eigenvalue weighted by atomic mass is 10.2. The molecule has 2 rings (SSSR count). The predicted molar refractivity (Wildman–Crippen MR) is 56.2 cm³/mol. The van der Waals surface area contributed by atoms with Crippen molar-refractivity contribution in [3.05, 3.63) is 57.7 Å². The minimum Gasteiger partial charge on any atom is -0.545 e. The number of aromatic carboxylic acids is 1. The molecule has 0 fully saturated rings. The van der Waals surface area contributed by atoms with Crippen LogP contribution in [0.2, 0.25) is 0 Å². The summed E-state index contributed by atoms with van der Waals surface area (Å²) in [5, 5.41) is 10.9. The molecule has 0 spiro atoms. The van der Waals surface area contributed by atoms with Crippen molar-refractivity contribution in [2.45, 2.75) is 10.3 Å². The SMILES string of the molecule is O=C([O-])c1ccccc1[I+]C1C=CC=CC1. The number of alkyl halides is 1. The van der Waals surface area contributed by atoms with Crippen molar-refractivity contribution in [1.29, 1.82) is 0 Å². The van der Waals surface area contributed by atoms with Crippen molar-refractivity contribution in [2.24, 2.45) is 0 Å². The van der Waals surface area contributed by atoms with Crippen LogP contribution in [0.25, 0.3) is 0 Å². The highest BCUT2D eigenvalue weighted by molar-refractivity contribution is 5.85. The zero-order valence-corrected chi connectivity index (χ0v) is 10.8. The highest BCUT2D eigenvalue weighted by atomic mass is 127. The molecule has 1 aromatic rings. The smallest absolute Gasteiger partial charge is 0.322 e. The Hall–Kier alpha value is -1.10. The summed E-state index contributed by atoms with van der Waals surface area (Å²) >= 11 is -0.309. The number of benzene rings is 1. The first-order chi connectivity index (χ1) is 7.77. The Morgan fingerprint density at radius 3 is 2.81 bits per heavy atom. The Morgan fingerprint density at radius 1 is 1.31 bits per heavy atom. The average molecular weight is 326 g/mol. The van der Waals surface area contributed by atoms with Gasteiger partial charge in [-0.25, -0.2) is 0 Å². The van der Waals surface area contributed by atoms with E-state index < -0.39 is 5.97 Å². The van der Waals surface area contributed by atoms with Crippen LogP contribution in [0.15, 0.2) is 48.6 Å². The van der Waals surface area contributed by atoms with E-state index in [0.717, 1.165) is 9.99 Å². The summed E-state index contributed by atoms with van der Waals surface area (Å²) < 4.78 is 1.47. The first kappa shape index (κ1) is 11.4. The number of hydrogen-bond donors (Lipinski definition) is 0. The monoisotopic (exact) mass is 326 g/mol. The van der Waals surface area contributed by atoms with E-state index in [1.54, 1.807) is 12.1 Å². The molecule has 1 atom stereocenters. The molecule has 82 valence electrons. The fourth-order valence-electron chi connectivity index (χ4n) is 1.50. The van der Waals surface area contributed by atoms with Gasteiger partial charge in [0.05, 0.1) is 11.5 Å². The van der Waals surface area contributed by atoms with E-state index in [2.05, 4.69) is 12.2 Å². The van der Waals surface area contributed by atoms with Crippen LogP contribution in [0.3, 0.4) is 0 Å². The van der Waals surface area contributed by atoms with Crippen LogP contribution in [0.5, 0.6) is 0 Å². The number of carbonyl (C=O) groups is 1. The summed E-state index contributed by atoms with van der Waals surface area (Å²) in [6, 6.07) is 7.18. The molecule has 0 N–H and O–H groups in total. The number of hydrogen-bond acceptors (Lipinski definition) is 2. The molecule has 2 nitrogen and oxygen atoms in total. The van der Waals surface area contributed by atoms with E-state index in [1.165, 1.54) is 0 Å². The molecule has 1 aliphatic rings. The standard InChI is InChI=1S/C13H11IO2/c15-13(16)11-8-4-5-9-12(11)14-10-6-2-1-3-7-10/h1-6,8-10H,7H2. The molecule has 0 amide bonds. The van der Waals surface area contributed by atoms with Gasteiger partial charge in [0.1, 0.15) is 0 Å². The fraction of sp³-hybridized carbons (Fsp3) is 0.154. The van der Waals surface area contributed by atoms with Crippen molar-refractivity contribution < 1.29 is 31.1 Å². The molecule has 0 radical (unpaired) electrons. The molecule has 0 aromatic heterocycles. The Balaban J connectivity index is 2.17. The minimum atomic E-state index is -1.06. The number of carboxylic acids is 1. The molecule has 0 bridgehead atoms. The summed E-state index contributed by atoms with van der Waals surface area (Å²) in [5.41, 5.74) is 0.359. The number of carboxylic acid groups (broad SMARTS) is 1. The second-order valence-corrected chi connectivity index (χ2v) is 6.83. The van der Waals surface area contributed by atoms with Gasteiger partial charge in [-0.3, -0.25) is 0 Å². The van der Waals surface area contributed by atoms with Gasteiger partial charge in [-0.05, 0) is 18.2 Å². The third-order valence-electron chi connectivity index (χ3n) is 2.28.